The molecule has 0 spiro atoms. The van der Waals surface area contributed by atoms with Crippen molar-refractivity contribution in [1.29, 1.82) is 0 Å². The molecule has 0 unspecified atom stereocenters. The predicted octanol–water partition coefficient (Wildman–Crippen LogP) is 0.658. The van der Waals surface area contributed by atoms with Gasteiger partial charge in [0.1, 0.15) is 0 Å². The van der Waals surface area contributed by atoms with Crippen LogP contribution in [-0.2, 0) is 11.3 Å². The third-order valence-corrected chi connectivity index (χ3v) is 1.84. The molecule has 0 saturated carbocycles. The van der Waals surface area contributed by atoms with E-state index in [1.54, 1.807) is 6.92 Å². The van der Waals surface area contributed by atoms with Gasteiger partial charge in [-0.3, -0.25) is 4.79 Å². The monoisotopic (exact) mass is 205 g/mol. The molecule has 0 aliphatic carbocycles. The number of ether oxygens (including phenoxy) is 1. The molecule has 0 amide bonds. The minimum Gasteiger partial charge on any atom is -0.465 e. The van der Waals surface area contributed by atoms with Gasteiger partial charge in [0.2, 0.25) is 0 Å². The predicted molar refractivity (Wildman–Crippen MR) is 55.5 cm³/mol. The first-order valence-electron chi connectivity index (χ1n) is 4.37. The van der Waals surface area contributed by atoms with E-state index in [-0.39, 0.29) is 11.1 Å². The summed E-state index contributed by atoms with van der Waals surface area (Å²) >= 11 is 0. The van der Waals surface area contributed by atoms with E-state index in [9.17, 15) is 9.59 Å². The van der Waals surface area contributed by atoms with Gasteiger partial charge in [-0.1, -0.05) is 5.92 Å². The number of nitrogens with zero attached hydrogens (tertiary/aromatic N) is 1. The normalized spacial score (nSPS) is 8.93. The van der Waals surface area contributed by atoms with Crippen LogP contribution in [0.3, 0.4) is 0 Å². The van der Waals surface area contributed by atoms with Crippen LogP contribution >= 0.6 is 0 Å². The van der Waals surface area contributed by atoms with Crippen LogP contribution in [0.15, 0.2) is 23.1 Å². The van der Waals surface area contributed by atoms with E-state index in [0.29, 0.717) is 6.54 Å². The molecule has 4 nitrogen and oxygen atoms in total. The fourth-order valence-corrected chi connectivity index (χ4v) is 1.05. The Labute approximate surface area is 87.5 Å². The zero-order chi connectivity index (χ0) is 11.3. The summed E-state index contributed by atoms with van der Waals surface area (Å²) in [5, 5.41) is 0. The van der Waals surface area contributed by atoms with E-state index in [1.807, 2.05) is 0 Å². The van der Waals surface area contributed by atoms with Gasteiger partial charge in [-0.2, -0.15) is 0 Å². The van der Waals surface area contributed by atoms with Crippen LogP contribution < -0.4 is 5.56 Å². The maximum absolute atomic E-state index is 11.5. The lowest BCUT2D eigenvalue weighted by atomic mass is 10.3. The first-order chi connectivity index (χ1) is 7.19. The van der Waals surface area contributed by atoms with Crippen molar-refractivity contribution in [3.8, 4) is 11.8 Å². The Kier molecular flexibility index (Phi) is 3.69. The highest BCUT2D eigenvalue weighted by molar-refractivity contribution is 5.88. The SMILES string of the molecule is CC#CCn1ccc(C(=O)OC)cc1=O. The van der Waals surface area contributed by atoms with E-state index < -0.39 is 5.97 Å². The molecule has 0 radical (unpaired) electrons. The standard InChI is InChI=1S/C11H11NO3/c1-3-4-6-12-7-5-9(8-10(12)13)11(14)15-2/h5,7-8H,6H2,1-2H3. The lowest BCUT2D eigenvalue weighted by Crippen LogP contribution is -2.20. The highest BCUT2D eigenvalue weighted by Gasteiger charge is 2.06. The average molecular weight is 205 g/mol. The maximum atomic E-state index is 11.5. The molecule has 0 aliphatic rings. The fourth-order valence-electron chi connectivity index (χ4n) is 1.05. The number of esters is 1. The summed E-state index contributed by atoms with van der Waals surface area (Å²) in [7, 11) is 1.27. The maximum Gasteiger partial charge on any atom is 0.338 e. The smallest absolute Gasteiger partial charge is 0.338 e. The van der Waals surface area contributed by atoms with Crippen LogP contribution in [0.25, 0.3) is 0 Å². The molecule has 0 fully saturated rings. The molecule has 0 atom stereocenters. The molecule has 1 aromatic rings. The summed E-state index contributed by atoms with van der Waals surface area (Å²) in [6, 6.07) is 2.77. The van der Waals surface area contributed by atoms with Crippen molar-refractivity contribution in [2.75, 3.05) is 7.11 Å². The Bertz CT molecular complexity index is 477. The molecule has 4 heteroatoms. The molecule has 1 heterocycles. The van der Waals surface area contributed by atoms with Crippen LogP contribution in [0.2, 0.25) is 0 Å². The Morgan fingerprint density at radius 1 is 1.60 bits per heavy atom. The molecule has 15 heavy (non-hydrogen) atoms. The van der Waals surface area contributed by atoms with Crippen molar-refractivity contribution in [2.45, 2.75) is 13.5 Å². The second kappa shape index (κ2) is 5.01. The summed E-state index contributed by atoms with van der Waals surface area (Å²) in [5.74, 6) is 4.94. The number of methoxy groups -OCH3 is 1. The first-order valence-corrected chi connectivity index (χ1v) is 4.37. The van der Waals surface area contributed by atoms with Gasteiger partial charge in [0.15, 0.2) is 0 Å². The van der Waals surface area contributed by atoms with Crippen LogP contribution in [0.5, 0.6) is 0 Å². The zero-order valence-electron chi connectivity index (χ0n) is 8.61. The van der Waals surface area contributed by atoms with E-state index in [0.717, 1.165) is 0 Å². The van der Waals surface area contributed by atoms with Crippen LogP contribution in [-0.4, -0.2) is 17.6 Å². The first kappa shape index (κ1) is 11.1. The third-order valence-electron chi connectivity index (χ3n) is 1.84. The largest absolute Gasteiger partial charge is 0.465 e. The average Bonchev–Trinajstić information content (AvgIpc) is 2.26. The van der Waals surface area contributed by atoms with Crippen molar-refractivity contribution in [3.63, 3.8) is 0 Å². The Hall–Kier alpha value is -2.02. The summed E-state index contributed by atoms with van der Waals surface area (Å²) in [6.45, 7) is 2.03. The second-order valence-electron chi connectivity index (χ2n) is 2.80. The molecule has 0 saturated heterocycles. The van der Waals surface area contributed by atoms with E-state index in [1.165, 1.54) is 30.0 Å². The van der Waals surface area contributed by atoms with Gasteiger partial charge < -0.3 is 9.30 Å². The van der Waals surface area contributed by atoms with E-state index in [4.69, 9.17) is 0 Å². The van der Waals surface area contributed by atoms with Crippen LogP contribution in [0.1, 0.15) is 17.3 Å². The quantitative estimate of drug-likeness (QED) is 0.526. The highest BCUT2D eigenvalue weighted by Crippen LogP contribution is 1.96. The van der Waals surface area contributed by atoms with Gasteiger partial charge in [0.25, 0.3) is 5.56 Å². The summed E-state index contributed by atoms with van der Waals surface area (Å²) in [6.07, 6.45) is 1.53. The molecule has 1 aromatic heterocycles. The van der Waals surface area contributed by atoms with Gasteiger partial charge in [-0.25, -0.2) is 4.79 Å². The summed E-state index contributed by atoms with van der Waals surface area (Å²) < 4.78 is 5.92. The van der Waals surface area contributed by atoms with Crippen molar-refractivity contribution >= 4 is 5.97 Å². The Morgan fingerprint density at radius 3 is 2.87 bits per heavy atom. The van der Waals surface area contributed by atoms with Gasteiger partial charge in [0.05, 0.1) is 19.2 Å². The summed E-state index contributed by atoms with van der Waals surface area (Å²) in [4.78, 5) is 22.5. The van der Waals surface area contributed by atoms with Crippen molar-refractivity contribution in [2.24, 2.45) is 0 Å². The molecular formula is C11H11NO3. The van der Waals surface area contributed by atoms with Crippen molar-refractivity contribution in [1.82, 2.24) is 4.57 Å². The molecule has 78 valence electrons. The zero-order valence-corrected chi connectivity index (χ0v) is 8.61. The van der Waals surface area contributed by atoms with Gasteiger partial charge in [-0.05, 0) is 13.0 Å². The lowest BCUT2D eigenvalue weighted by Gasteiger charge is -2.02. The van der Waals surface area contributed by atoms with Crippen LogP contribution in [0.4, 0.5) is 0 Å². The molecule has 0 N–H and O–H groups in total. The summed E-state index contributed by atoms with van der Waals surface area (Å²) in [5.41, 5.74) is -0.0103. The molecular weight excluding hydrogens is 194 g/mol. The molecule has 0 aromatic carbocycles. The molecule has 1 rings (SSSR count). The second-order valence-corrected chi connectivity index (χ2v) is 2.80. The third kappa shape index (κ3) is 2.71. The number of hydrogen-bond acceptors (Lipinski definition) is 3. The minimum absolute atomic E-state index is 0.253. The Balaban J connectivity index is 3.01. The molecule has 0 aliphatic heterocycles. The topological polar surface area (TPSA) is 48.3 Å². The van der Waals surface area contributed by atoms with Gasteiger partial charge in [-0.15, -0.1) is 5.92 Å². The van der Waals surface area contributed by atoms with Crippen molar-refractivity contribution in [3.05, 3.63) is 34.2 Å². The molecule has 0 bridgehead atoms. The van der Waals surface area contributed by atoms with Gasteiger partial charge >= 0.3 is 5.97 Å². The van der Waals surface area contributed by atoms with E-state index in [2.05, 4.69) is 16.6 Å². The Morgan fingerprint density at radius 2 is 2.33 bits per heavy atom. The van der Waals surface area contributed by atoms with Gasteiger partial charge in [0, 0.05) is 12.3 Å². The highest BCUT2D eigenvalue weighted by atomic mass is 16.5. The number of rotatable bonds is 2. The fraction of sp³-hybridized carbons (Fsp3) is 0.273. The van der Waals surface area contributed by atoms with E-state index >= 15 is 0 Å². The number of aromatic nitrogens is 1. The van der Waals surface area contributed by atoms with Crippen LogP contribution in [0, 0.1) is 11.8 Å². The number of hydrogen-bond donors (Lipinski definition) is 0. The number of carbonyl (C=O) groups excluding carboxylic acids is 1. The minimum atomic E-state index is -0.513. The number of pyridine rings is 1. The number of carbonyl (C=O) groups is 1. The van der Waals surface area contributed by atoms with Crippen molar-refractivity contribution < 1.29 is 9.53 Å². The lowest BCUT2D eigenvalue weighted by molar-refractivity contribution is 0.0600.